The molecule has 2 N–H and O–H groups in total. The van der Waals surface area contributed by atoms with Gasteiger partial charge in [-0.3, -0.25) is 4.90 Å². The van der Waals surface area contributed by atoms with Crippen LogP contribution >= 0.6 is 0 Å². The Labute approximate surface area is 94.0 Å². The van der Waals surface area contributed by atoms with E-state index in [2.05, 4.69) is 25.7 Å². The van der Waals surface area contributed by atoms with Crippen LogP contribution in [0.2, 0.25) is 0 Å². The maximum absolute atomic E-state index is 5.88. The van der Waals surface area contributed by atoms with E-state index in [9.17, 15) is 0 Å². The summed E-state index contributed by atoms with van der Waals surface area (Å²) >= 11 is 0. The maximum Gasteiger partial charge on any atom is 0.0503 e. The van der Waals surface area contributed by atoms with Crippen molar-refractivity contribution in [3.8, 4) is 0 Å². The number of rotatable bonds is 5. The molecule has 1 heterocycles. The van der Waals surface area contributed by atoms with Crippen LogP contribution in [-0.2, 0) is 4.74 Å². The third-order valence-electron chi connectivity index (χ3n) is 3.81. The van der Waals surface area contributed by atoms with E-state index in [1.54, 1.807) is 7.11 Å². The lowest BCUT2D eigenvalue weighted by atomic mass is 10.0. The van der Waals surface area contributed by atoms with Gasteiger partial charge >= 0.3 is 0 Å². The van der Waals surface area contributed by atoms with Crippen LogP contribution in [0.3, 0.4) is 0 Å². The average molecular weight is 214 g/mol. The van der Waals surface area contributed by atoms with Gasteiger partial charge in [0, 0.05) is 32.8 Å². The number of methoxy groups -OCH3 is 1. The van der Waals surface area contributed by atoms with E-state index in [0.717, 1.165) is 25.0 Å². The number of likely N-dealkylation sites (tertiary alicyclic amines) is 1. The molecule has 3 heteroatoms. The molecule has 0 aromatic carbocycles. The summed E-state index contributed by atoms with van der Waals surface area (Å²) in [6, 6.07) is 0.484. The van der Waals surface area contributed by atoms with Gasteiger partial charge in [0.25, 0.3) is 0 Å². The summed E-state index contributed by atoms with van der Waals surface area (Å²) in [6.45, 7) is 10.8. The van der Waals surface area contributed by atoms with Crippen molar-refractivity contribution in [3.63, 3.8) is 0 Å². The molecule has 1 rings (SSSR count). The van der Waals surface area contributed by atoms with E-state index in [1.807, 2.05) is 0 Å². The summed E-state index contributed by atoms with van der Waals surface area (Å²) in [4.78, 5) is 2.54. The fraction of sp³-hybridized carbons (Fsp3) is 1.00. The number of nitrogens with zero attached hydrogens (tertiary/aromatic N) is 1. The lowest BCUT2D eigenvalue weighted by molar-refractivity contribution is 0.0951. The van der Waals surface area contributed by atoms with Gasteiger partial charge in [0.15, 0.2) is 0 Å². The van der Waals surface area contributed by atoms with Crippen LogP contribution in [0.4, 0.5) is 0 Å². The largest absolute Gasteiger partial charge is 0.384 e. The zero-order valence-electron chi connectivity index (χ0n) is 10.6. The van der Waals surface area contributed by atoms with Crippen molar-refractivity contribution < 1.29 is 4.74 Å². The van der Waals surface area contributed by atoms with Crippen LogP contribution in [-0.4, -0.2) is 44.3 Å². The molecule has 0 aromatic heterocycles. The Bertz CT molecular complexity index is 176. The highest BCUT2D eigenvalue weighted by Gasteiger charge is 2.32. The first kappa shape index (κ1) is 12.9. The predicted molar refractivity (Wildman–Crippen MR) is 63.8 cm³/mol. The number of ether oxygens (including phenoxy) is 1. The van der Waals surface area contributed by atoms with Crippen LogP contribution in [0.5, 0.6) is 0 Å². The van der Waals surface area contributed by atoms with Gasteiger partial charge in [0.05, 0.1) is 6.61 Å². The molecule has 4 atom stereocenters. The maximum atomic E-state index is 5.88. The summed E-state index contributed by atoms with van der Waals surface area (Å²) in [5.41, 5.74) is 5.88. The number of nitrogens with two attached hydrogens (primary N) is 1. The highest BCUT2D eigenvalue weighted by molar-refractivity contribution is 4.86. The second-order valence-corrected chi connectivity index (χ2v) is 5.14. The van der Waals surface area contributed by atoms with Crippen LogP contribution in [0, 0.1) is 17.8 Å². The third kappa shape index (κ3) is 3.16. The van der Waals surface area contributed by atoms with Gasteiger partial charge in [0.2, 0.25) is 0 Å². The second kappa shape index (κ2) is 5.83. The lowest BCUT2D eigenvalue weighted by Crippen LogP contribution is -2.45. The van der Waals surface area contributed by atoms with Gasteiger partial charge in [-0.15, -0.1) is 0 Å². The predicted octanol–water partition coefficient (Wildman–Crippen LogP) is 1.18. The number of hydrogen-bond acceptors (Lipinski definition) is 3. The molecule has 0 spiro atoms. The Kier molecular flexibility index (Phi) is 5.03. The zero-order valence-corrected chi connectivity index (χ0v) is 10.6. The van der Waals surface area contributed by atoms with E-state index in [0.29, 0.717) is 12.0 Å². The van der Waals surface area contributed by atoms with Gasteiger partial charge in [0.1, 0.15) is 0 Å². The van der Waals surface area contributed by atoms with Crippen LogP contribution in [0.25, 0.3) is 0 Å². The minimum Gasteiger partial charge on any atom is -0.384 e. The van der Waals surface area contributed by atoms with Crippen molar-refractivity contribution in [3.05, 3.63) is 0 Å². The van der Waals surface area contributed by atoms with Crippen molar-refractivity contribution >= 4 is 0 Å². The fourth-order valence-electron chi connectivity index (χ4n) is 2.56. The first-order valence-electron chi connectivity index (χ1n) is 6.03. The van der Waals surface area contributed by atoms with Crippen LogP contribution < -0.4 is 5.73 Å². The Hall–Kier alpha value is -0.120. The van der Waals surface area contributed by atoms with Crippen molar-refractivity contribution in [2.75, 3.05) is 33.4 Å². The molecule has 0 amide bonds. The van der Waals surface area contributed by atoms with Crippen molar-refractivity contribution in [1.82, 2.24) is 4.90 Å². The first-order valence-corrected chi connectivity index (χ1v) is 6.03. The molecule has 3 nitrogen and oxygen atoms in total. The Morgan fingerprint density at radius 1 is 1.33 bits per heavy atom. The minimum atomic E-state index is 0.484. The quantitative estimate of drug-likeness (QED) is 0.747. The molecule has 1 aliphatic heterocycles. The van der Waals surface area contributed by atoms with Gasteiger partial charge in [-0.2, -0.15) is 0 Å². The zero-order chi connectivity index (χ0) is 11.4. The van der Waals surface area contributed by atoms with E-state index >= 15 is 0 Å². The first-order chi connectivity index (χ1) is 7.10. The third-order valence-corrected chi connectivity index (χ3v) is 3.81. The molecule has 0 aliphatic carbocycles. The standard InChI is InChI=1S/C12H26N2O/c1-9-6-14(7-10(9)2)12(5-13)11(3)8-15-4/h9-12H,5-8,13H2,1-4H3. The molecule has 1 aliphatic rings. The smallest absolute Gasteiger partial charge is 0.0503 e. The highest BCUT2D eigenvalue weighted by atomic mass is 16.5. The van der Waals surface area contributed by atoms with Crippen molar-refractivity contribution in [1.29, 1.82) is 0 Å². The fourth-order valence-corrected chi connectivity index (χ4v) is 2.56. The van der Waals surface area contributed by atoms with Gasteiger partial charge < -0.3 is 10.5 Å². The SMILES string of the molecule is COCC(C)C(CN)N1CC(C)C(C)C1. The molecule has 0 bridgehead atoms. The summed E-state index contributed by atoms with van der Waals surface area (Å²) in [7, 11) is 1.76. The molecule has 15 heavy (non-hydrogen) atoms. The normalized spacial score (nSPS) is 31.8. The topological polar surface area (TPSA) is 38.5 Å². The molecular formula is C12H26N2O. The van der Waals surface area contributed by atoms with E-state index in [4.69, 9.17) is 10.5 Å². The lowest BCUT2D eigenvalue weighted by Gasteiger charge is -2.31. The number of hydrogen-bond donors (Lipinski definition) is 1. The minimum absolute atomic E-state index is 0.484. The summed E-state index contributed by atoms with van der Waals surface area (Å²) in [5.74, 6) is 2.13. The van der Waals surface area contributed by atoms with Crippen molar-refractivity contribution in [2.45, 2.75) is 26.8 Å². The monoisotopic (exact) mass is 214 g/mol. The summed E-state index contributed by atoms with van der Waals surface area (Å²) in [6.07, 6.45) is 0. The van der Waals surface area contributed by atoms with Gasteiger partial charge in [-0.1, -0.05) is 20.8 Å². The van der Waals surface area contributed by atoms with Crippen LogP contribution in [0.15, 0.2) is 0 Å². The van der Waals surface area contributed by atoms with Crippen LogP contribution in [0.1, 0.15) is 20.8 Å². The van der Waals surface area contributed by atoms with Crippen molar-refractivity contribution in [2.24, 2.45) is 23.5 Å². The highest BCUT2D eigenvalue weighted by Crippen LogP contribution is 2.26. The van der Waals surface area contributed by atoms with Gasteiger partial charge in [-0.05, 0) is 17.8 Å². The molecule has 1 saturated heterocycles. The van der Waals surface area contributed by atoms with Gasteiger partial charge in [-0.25, -0.2) is 0 Å². The van der Waals surface area contributed by atoms with E-state index < -0.39 is 0 Å². The summed E-state index contributed by atoms with van der Waals surface area (Å²) < 4.78 is 5.22. The molecule has 90 valence electrons. The molecule has 0 saturated carbocycles. The Morgan fingerprint density at radius 3 is 2.27 bits per heavy atom. The van der Waals surface area contributed by atoms with E-state index in [1.165, 1.54) is 13.1 Å². The molecule has 1 fully saturated rings. The molecular weight excluding hydrogens is 188 g/mol. The molecule has 4 unspecified atom stereocenters. The second-order valence-electron chi connectivity index (χ2n) is 5.14. The molecule has 0 radical (unpaired) electrons. The van der Waals surface area contributed by atoms with E-state index in [-0.39, 0.29) is 0 Å². The Morgan fingerprint density at radius 2 is 1.87 bits per heavy atom. The summed E-state index contributed by atoms with van der Waals surface area (Å²) in [5, 5.41) is 0. The molecule has 0 aromatic rings. The average Bonchev–Trinajstić information content (AvgIpc) is 2.48. The Balaban J connectivity index is 2.52.